The van der Waals surface area contributed by atoms with Crippen LogP contribution in [0.5, 0.6) is 5.75 Å². The summed E-state index contributed by atoms with van der Waals surface area (Å²) in [6.45, 7) is 2.76. The summed E-state index contributed by atoms with van der Waals surface area (Å²) in [6.07, 6.45) is 0.947. The maximum Gasteiger partial charge on any atom is 0.261 e. The number of benzene rings is 1. The van der Waals surface area contributed by atoms with Crippen LogP contribution in [0.4, 0.5) is 0 Å². The number of hydrogen-bond donors (Lipinski definition) is 1. The van der Waals surface area contributed by atoms with Gasteiger partial charge in [0.15, 0.2) is 0 Å². The van der Waals surface area contributed by atoms with Crippen molar-refractivity contribution in [3.63, 3.8) is 0 Å². The molecule has 0 aliphatic heterocycles. The van der Waals surface area contributed by atoms with Gasteiger partial charge in [-0.05, 0) is 48.4 Å². The number of ether oxygens (including phenoxy) is 1. The van der Waals surface area contributed by atoms with Crippen LogP contribution < -0.4 is 10.1 Å². The topological polar surface area (TPSA) is 38.3 Å². The predicted octanol–water partition coefficient (Wildman–Crippen LogP) is 3.56. The predicted molar refractivity (Wildman–Crippen MR) is 78.9 cm³/mol. The second-order valence-electron chi connectivity index (χ2n) is 4.15. The van der Waals surface area contributed by atoms with E-state index in [1.54, 1.807) is 7.11 Å². The largest absolute Gasteiger partial charge is 0.497 e. The van der Waals surface area contributed by atoms with Gasteiger partial charge in [0.2, 0.25) is 0 Å². The van der Waals surface area contributed by atoms with Crippen LogP contribution in [0.2, 0.25) is 0 Å². The molecule has 2 rings (SSSR count). The molecule has 0 radical (unpaired) electrons. The van der Waals surface area contributed by atoms with Gasteiger partial charge in [-0.3, -0.25) is 4.79 Å². The molecule has 0 aliphatic carbocycles. The molecule has 0 saturated carbocycles. The van der Waals surface area contributed by atoms with E-state index in [0.29, 0.717) is 6.54 Å². The van der Waals surface area contributed by atoms with Crippen LogP contribution in [0.3, 0.4) is 0 Å². The lowest BCUT2D eigenvalue weighted by Crippen LogP contribution is -2.22. The van der Waals surface area contributed by atoms with Crippen molar-refractivity contribution in [3.8, 4) is 16.2 Å². The molecule has 4 heteroatoms. The van der Waals surface area contributed by atoms with E-state index in [0.717, 1.165) is 27.5 Å². The highest BCUT2D eigenvalue weighted by atomic mass is 32.1. The fraction of sp³-hybridized carbons (Fsp3) is 0.267. The Kier molecular flexibility index (Phi) is 4.58. The summed E-state index contributed by atoms with van der Waals surface area (Å²) in [4.78, 5) is 13.7. The highest BCUT2D eigenvalue weighted by Gasteiger charge is 2.09. The van der Waals surface area contributed by atoms with Crippen molar-refractivity contribution in [2.45, 2.75) is 13.3 Å². The minimum absolute atomic E-state index is 0.00612. The van der Waals surface area contributed by atoms with Crippen LogP contribution in [0.25, 0.3) is 10.4 Å². The summed E-state index contributed by atoms with van der Waals surface area (Å²) in [5.41, 5.74) is 1.10. The minimum Gasteiger partial charge on any atom is -0.497 e. The van der Waals surface area contributed by atoms with E-state index in [9.17, 15) is 4.79 Å². The summed E-state index contributed by atoms with van der Waals surface area (Å²) < 4.78 is 5.13. The number of amides is 1. The number of carbonyl (C=O) groups excluding carboxylic acids is 1. The third kappa shape index (κ3) is 3.35. The van der Waals surface area contributed by atoms with Crippen LogP contribution >= 0.6 is 11.3 Å². The van der Waals surface area contributed by atoms with Crippen molar-refractivity contribution in [2.75, 3.05) is 13.7 Å². The first-order chi connectivity index (χ1) is 9.24. The summed E-state index contributed by atoms with van der Waals surface area (Å²) >= 11 is 1.51. The van der Waals surface area contributed by atoms with Crippen molar-refractivity contribution in [2.24, 2.45) is 0 Å². The zero-order valence-electron chi connectivity index (χ0n) is 11.1. The second-order valence-corrected chi connectivity index (χ2v) is 5.23. The van der Waals surface area contributed by atoms with Crippen molar-refractivity contribution in [3.05, 3.63) is 41.3 Å². The Hall–Kier alpha value is -1.81. The average Bonchev–Trinajstić information content (AvgIpc) is 2.94. The van der Waals surface area contributed by atoms with Gasteiger partial charge >= 0.3 is 0 Å². The Bertz CT molecular complexity index is 546. The molecule has 1 aromatic carbocycles. The molecule has 1 amide bonds. The van der Waals surface area contributed by atoms with Crippen molar-refractivity contribution < 1.29 is 9.53 Å². The molecule has 1 heterocycles. The lowest BCUT2D eigenvalue weighted by atomic mass is 10.2. The van der Waals surface area contributed by atoms with Gasteiger partial charge in [0.25, 0.3) is 5.91 Å². The maximum absolute atomic E-state index is 11.8. The first kappa shape index (κ1) is 13.6. The van der Waals surface area contributed by atoms with E-state index in [2.05, 4.69) is 5.32 Å². The van der Waals surface area contributed by atoms with E-state index in [1.165, 1.54) is 11.3 Å². The molecule has 3 nitrogen and oxygen atoms in total. The zero-order valence-corrected chi connectivity index (χ0v) is 11.9. The molecule has 0 unspecified atom stereocenters. The normalized spacial score (nSPS) is 10.2. The molecule has 19 heavy (non-hydrogen) atoms. The van der Waals surface area contributed by atoms with E-state index in [-0.39, 0.29) is 5.91 Å². The van der Waals surface area contributed by atoms with Gasteiger partial charge < -0.3 is 10.1 Å². The molecular formula is C15H17NO2S. The third-order valence-electron chi connectivity index (χ3n) is 2.74. The highest BCUT2D eigenvalue weighted by molar-refractivity contribution is 7.17. The van der Waals surface area contributed by atoms with Crippen molar-refractivity contribution >= 4 is 17.2 Å². The first-order valence-corrected chi connectivity index (χ1v) is 7.08. The van der Waals surface area contributed by atoms with Crippen molar-refractivity contribution in [1.29, 1.82) is 0 Å². The third-order valence-corrected chi connectivity index (χ3v) is 3.87. The first-order valence-electron chi connectivity index (χ1n) is 6.27. The van der Waals surface area contributed by atoms with Crippen LogP contribution in [0.1, 0.15) is 23.0 Å². The number of rotatable bonds is 5. The fourth-order valence-electron chi connectivity index (χ4n) is 1.70. The molecule has 0 fully saturated rings. The molecule has 0 atom stereocenters. The van der Waals surface area contributed by atoms with Crippen LogP contribution in [-0.2, 0) is 0 Å². The summed E-state index contributed by atoms with van der Waals surface area (Å²) in [5.74, 6) is 0.841. The number of carbonyl (C=O) groups is 1. The summed E-state index contributed by atoms with van der Waals surface area (Å²) in [6, 6.07) is 11.7. The van der Waals surface area contributed by atoms with Crippen molar-refractivity contribution in [1.82, 2.24) is 5.32 Å². The van der Waals surface area contributed by atoms with Gasteiger partial charge in [-0.1, -0.05) is 6.92 Å². The quantitative estimate of drug-likeness (QED) is 0.906. The molecule has 0 spiro atoms. The van der Waals surface area contributed by atoms with Crippen LogP contribution in [-0.4, -0.2) is 19.6 Å². The van der Waals surface area contributed by atoms with E-state index in [4.69, 9.17) is 4.74 Å². The van der Waals surface area contributed by atoms with Crippen LogP contribution in [0, 0.1) is 0 Å². The van der Waals surface area contributed by atoms with Gasteiger partial charge in [0.1, 0.15) is 5.75 Å². The number of methoxy groups -OCH3 is 1. The number of thiophene rings is 1. The van der Waals surface area contributed by atoms with Gasteiger partial charge in [-0.25, -0.2) is 0 Å². The van der Waals surface area contributed by atoms with Gasteiger partial charge in [0, 0.05) is 11.4 Å². The Balaban J connectivity index is 2.13. The summed E-state index contributed by atoms with van der Waals surface area (Å²) in [5, 5.41) is 2.88. The Morgan fingerprint density at radius 3 is 2.58 bits per heavy atom. The molecule has 0 aliphatic rings. The standard InChI is InChI=1S/C15H17NO2S/c1-3-10-16-15(17)14-9-8-13(19-14)11-4-6-12(18-2)7-5-11/h4-9H,3,10H2,1-2H3,(H,16,17). The molecule has 0 bridgehead atoms. The molecular weight excluding hydrogens is 258 g/mol. The Labute approximate surface area is 117 Å². The van der Waals surface area contributed by atoms with Gasteiger partial charge in [-0.15, -0.1) is 11.3 Å². The Morgan fingerprint density at radius 1 is 1.21 bits per heavy atom. The lowest BCUT2D eigenvalue weighted by molar-refractivity contribution is 0.0957. The van der Waals surface area contributed by atoms with E-state index in [1.807, 2.05) is 43.3 Å². The molecule has 1 aromatic heterocycles. The maximum atomic E-state index is 11.8. The molecule has 1 N–H and O–H groups in total. The zero-order chi connectivity index (χ0) is 13.7. The lowest BCUT2D eigenvalue weighted by Gasteiger charge is -2.01. The fourth-order valence-corrected chi connectivity index (χ4v) is 2.62. The van der Waals surface area contributed by atoms with Gasteiger partial charge in [-0.2, -0.15) is 0 Å². The van der Waals surface area contributed by atoms with Gasteiger partial charge in [0.05, 0.1) is 12.0 Å². The Morgan fingerprint density at radius 2 is 1.95 bits per heavy atom. The number of hydrogen-bond acceptors (Lipinski definition) is 3. The smallest absolute Gasteiger partial charge is 0.261 e. The van der Waals surface area contributed by atoms with E-state index >= 15 is 0 Å². The number of nitrogens with one attached hydrogen (secondary N) is 1. The SMILES string of the molecule is CCCNC(=O)c1ccc(-c2ccc(OC)cc2)s1. The average molecular weight is 275 g/mol. The van der Waals surface area contributed by atoms with E-state index < -0.39 is 0 Å². The highest BCUT2D eigenvalue weighted by Crippen LogP contribution is 2.29. The molecule has 2 aromatic rings. The molecule has 0 saturated heterocycles. The minimum atomic E-state index is 0.00612. The second kappa shape index (κ2) is 6.38. The summed E-state index contributed by atoms with van der Waals surface area (Å²) in [7, 11) is 1.65. The monoisotopic (exact) mass is 275 g/mol. The van der Waals surface area contributed by atoms with Crippen LogP contribution in [0.15, 0.2) is 36.4 Å². The molecule has 100 valence electrons.